The number of alkyl halides is 1. The van der Waals surface area contributed by atoms with Crippen LogP contribution in [0.3, 0.4) is 0 Å². The zero-order valence-corrected chi connectivity index (χ0v) is 26.6. The van der Waals surface area contributed by atoms with Gasteiger partial charge in [0.05, 0.1) is 34.2 Å². The van der Waals surface area contributed by atoms with Gasteiger partial charge in [0.2, 0.25) is 11.8 Å². The smallest absolute Gasteiger partial charge is 0.307 e. The van der Waals surface area contributed by atoms with Crippen LogP contribution in [0.15, 0.2) is 44.1 Å². The molecular weight excluding hydrogens is 673 g/mol. The highest BCUT2D eigenvalue weighted by atomic mass is 35.5. The van der Waals surface area contributed by atoms with Gasteiger partial charge in [0.15, 0.2) is 22.3 Å². The summed E-state index contributed by atoms with van der Waals surface area (Å²) >= 11 is 7.87. The molecule has 0 atom stereocenters. The first kappa shape index (κ1) is 30.7. The molecule has 2 aliphatic rings. The fraction of sp³-hybridized carbons (Fsp3) is 0.286. The largest absolute Gasteiger partial charge is 0.493 e. The Balaban J connectivity index is 0.000000151. The summed E-state index contributed by atoms with van der Waals surface area (Å²) in [7, 11) is 0. The molecule has 2 fully saturated rings. The SMILES string of the molecule is O=c1[nH]c(O)c(C=c2cnn3c(=NC4CC4)cc(Cl)nc23)s1.O=c1[nH]c(O)c(C=c2cnn3c(=NC4CC4)cc(NCCF)nc23)s1. The van der Waals surface area contributed by atoms with E-state index < -0.39 is 6.67 Å². The highest BCUT2D eigenvalue weighted by Crippen LogP contribution is 2.23. The van der Waals surface area contributed by atoms with Crippen molar-refractivity contribution in [3.05, 3.63) is 80.2 Å². The Morgan fingerprint density at radius 3 is 1.87 bits per heavy atom. The summed E-state index contributed by atoms with van der Waals surface area (Å²) in [5.74, 6) is 0.148. The molecule has 0 bridgehead atoms. The van der Waals surface area contributed by atoms with Crippen molar-refractivity contribution < 1.29 is 14.6 Å². The van der Waals surface area contributed by atoms with Gasteiger partial charge in [-0.15, -0.1) is 0 Å². The van der Waals surface area contributed by atoms with Gasteiger partial charge in [-0.3, -0.25) is 29.5 Å². The zero-order chi connectivity index (χ0) is 32.7. The second-order valence-electron chi connectivity index (χ2n) is 10.7. The number of fused-ring (bicyclic) bond motifs is 2. The van der Waals surface area contributed by atoms with E-state index in [0.29, 0.717) is 59.5 Å². The number of nitrogens with one attached hydrogen (secondary N) is 3. The quantitative estimate of drug-likeness (QED) is 0.148. The molecule has 6 aromatic rings. The molecule has 242 valence electrons. The standard InChI is InChI=1S/C15H15FN6O2S.C13H10ClN5O2S/c16-3-4-17-11-6-12(19-9-1-2-9)22-13(20-11)8(7-18-22)5-10-14(23)21-15(24)25-10;14-9-4-10(16-7-1-2-7)19-11(17-9)6(5-15-19)3-8-12(20)18-13(21)22-8/h5-7,9,17,23H,1-4H2,(H,21,24);3-5,7,20H,1-2H2,(H,18,21). The number of halogens is 2. The molecule has 0 spiro atoms. The van der Waals surface area contributed by atoms with Gasteiger partial charge in [-0.25, -0.2) is 14.4 Å². The number of anilines is 1. The summed E-state index contributed by atoms with van der Waals surface area (Å²) in [6.07, 6.45) is 10.7. The Morgan fingerprint density at radius 1 is 0.894 bits per heavy atom. The van der Waals surface area contributed by atoms with Crippen LogP contribution in [0.1, 0.15) is 35.4 Å². The molecule has 0 radical (unpaired) electrons. The molecule has 0 unspecified atom stereocenters. The molecule has 6 aromatic heterocycles. The van der Waals surface area contributed by atoms with Gasteiger partial charge in [-0.2, -0.15) is 19.2 Å². The number of aromatic hydroxyl groups is 2. The number of nitrogens with zero attached hydrogens (tertiary/aromatic N) is 8. The van der Waals surface area contributed by atoms with Crippen molar-refractivity contribution in [3.63, 3.8) is 0 Å². The van der Waals surface area contributed by atoms with Crippen LogP contribution >= 0.6 is 34.3 Å². The Hall–Kier alpha value is -4.94. The summed E-state index contributed by atoms with van der Waals surface area (Å²) in [5, 5.41) is 32.5. The number of rotatable bonds is 7. The molecular formula is C28H25ClFN11O4S2. The highest BCUT2D eigenvalue weighted by Gasteiger charge is 2.21. The van der Waals surface area contributed by atoms with Gasteiger partial charge in [-0.05, 0) is 37.8 Å². The van der Waals surface area contributed by atoms with Crippen LogP contribution < -0.4 is 36.5 Å². The number of H-pyrrole nitrogens is 2. The average molecular weight is 698 g/mol. The van der Waals surface area contributed by atoms with Crippen molar-refractivity contribution in [2.75, 3.05) is 18.5 Å². The molecule has 19 heteroatoms. The predicted molar refractivity (Wildman–Crippen MR) is 173 cm³/mol. The highest BCUT2D eigenvalue weighted by molar-refractivity contribution is 7.10. The number of hydrogen-bond donors (Lipinski definition) is 5. The third kappa shape index (κ3) is 6.93. The lowest BCUT2D eigenvalue weighted by atomic mass is 10.4. The fourth-order valence-corrected chi connectivity index (χ4v) is 6.02. The first-order chi connectivity index (χ1) is 22.7. The molecule has 0 aliphatic heterocycles. The van der Waals surface area contributed by atoms with Gasteiger partial charge in [0.1, 0.15) is 17.6 Å². The molecule has 6 heterocycles. The van der Waals surface area contributed by atoms with E-state index in [0.717, 1.165) is 48.4 Å². The topological polar surface area (TPSA) is 203 Å². The third-order valence-electron chi connectivity index (χ3n) is 6.94. The lowest BCUT2D eigenvalue weighted by Crippen LogP contribution is -2.20. The van der Waals surface area contributed by atoms with Crippen LogP contribution in [-0.4, -0.2) is 74.7 Å². The van der Waals surface area contributed by atoms with Crippen molar-refractivity contribution in [1.29, 1.82) is 0 Å². The van der Waals surface area contributed by atoms with Gasteiger partial charge in [0, 0.05) is 29.1 Å². The van der Waals surface area contributed by atoms with Crippen molar-refractivity contribution in [2.45, 2.75) is 37.8 Å². The van der Waals surface area contributed by atoms with Crippen molar-refractivity contribution >= 4 is 63.5 Å². The molecule has 0 saturated heterocycles. The van der Waals surface area contributed by atoms with E-state index in [-0.39, 0.29) is 34.1 Å². The zero-order valence-electron chi connectivity index (χ0n) is 24.2. The maximum absolute atomic E-state index is 12.5. The van der Waals surface area contributed by atoms with Crippen LogP contribution in [0.25, 0.3) is 23.4 Å². The van der Waals surface area contributed by atoms with Crippen molar-refractivity contribution in [3.8, 4) is 11.8 Å². The van der Waals surface area contributed by atoms with Crippen LogP contribution in [0.5, 0.6) is 11.8 Å². The van der Waals surface area contributed by atoms with Crippen molar-refractivity contribution in [1.82, 2.24) is 39.2 Å². The van der Waals surface area contributed by atoms with Crippen molar-refractivity contribution in [2.24, 2.45) is 9.98 Å². The first-order valence-corrected chi connectivity index (χ1v) is 16.4. The second-order valence-corrected chi connectivity index (χ2v) is 13.1. The summed E-state index contributed by atoms with van der Waals surface area (Å²) in [5.41, 5.74) is 2.35. The first-order valence-electron chi connectivity index (χ1n) is 14.4. The van der Waals surface area contributed by atoms with E-state index in [1.165, 1.54) is 0 Å². The normalized spacial score (nSPS) is 16.4. The summed E-state index contributed by atoms with van der Waals surface area (Å²) in [6.45, 7) is -0.356. The molecule has 8 rings (SSSR count). The van der Waals surface area contributed by atoms with E-state index in [1.54, 1.807) is 45.7 Å². The van der Waals surface area contributed by atoms with Crippen LogP contribution in [0.2, 0.25) is 5.15 Å². The minimum Gasteiger partial charge on any atom is -0.493 e. The average Bonchev–Trinajstić information content (AvgIpc) is 3.89. The van der Waals surface area contributed by atoms with E-state index in [9.17, 15) is 24.2 Å². The van der Waals surface area contributed by atoms with E-state index >= 15 is 0 Å². The maximum Gasteiger partial charge on any atom is 0.307 e. The Kier molecular flexibility index (Phi) is 8.29. The third-order valence-corrected chi connectivity index (χ3v) is 8.77. The monoisotopic (exact) mass is 697 g/mol. The molecule has 5 N–H and O–H groups in total. The lowest BCUT2D eigenvalue weighted by molar-refractivity contribution is 0.454. The van der Waals surface area contributed by atoms with Gasteiger partial charge < -0.3 is 15.5 Å². The number of aromatic nitrogens is 8. The Morgan fingerprint density at radius 2 is 1.40 bits per heavy atom. The van der Waals surface area contributed by atoms with Crippen LogP contribution in [0.4, 0.5) is 10.2 Å². The lowest BCUT2D eigenvalue weighted by Gasteiger charge is -2.03. The molecule has 0 aromatic carbocycles. The molecule has 0 amide bonds. The Labute approximate surface area is 274 Å². The van der Waals surface area contributed by atoms with E-state index in [4.69, 9.17) is 11.6 Å². The summed E-state index contributed by atoms with van der Waals surface area (Å²) in [6, 6.07) is 4.03. The van der Waals surface area contributed by atoms with Gasteiger partial charge >= 0.3 is 9.75 Å². The maximum atomic E-state index is 12.5. The van der Waals surface area contributed by atoms with Crippen LogP contribution in [0, 0.1) is 0 Å². The number of hydrogen-bond acceptors (Lipinski definition) is 13. The minimum absolute atomic E-state index is 0.152. The van der Waals surface area contributed by atoms with Gasteiger partial charge in [-0.1, -0.05) is 34.3 Å². The fourth-order valence-electron chi connectivity index (χ4n) is 4.48. The molecule has 2 saturated carbocycles. The summed E-state index contributed by atoms with van der Waals surface area (Å²) in [4.78, 5) is 45.3. The number of aromatic amines is 2. The number of thiazole rings is 2. The van der Waals surface area contributed by atoms with E-state index in [1.807, 2.05) is 0 Å². The van der Waals surface area contributed by atoms with Gasteiger partial charge in [0.25, 0.3) is 0 Å². The molecule has 47 heavy (non-hydrogen) atoms. The second kappa shape index (κ2) is 12.7. The Bertz CT molecular complexity index is 2490. The predicted octanol–water partition coefficient (Wildman–Crippen LogP) is 0.626. The molecule has 15 nitrogen and oxygen atoms in total. The molecule has 2 aliphatic carbocycles. The minimum atomic E-state index is -0.509. The van der Waals surface area contributed by atoms with E-state index in [2.05, 4.69) is 45.4 Å². The summed E-state index contributed by atoms with van der Waals surface area (Å²) < 4.78 is 15.7. The van der Waals surface area contributed by atoms with Crippen LogP contribution in [-0.2, 0) is 0 Å².